The van der Waals surface area contributed by atoms with Crippen LogP contribution in [0.25, 0.3) is 9.65 Å². The van der Waals surface area contributed by atoms with Crippen molar-refractivity contribution in [1.82, 2.24) is 0 Å². The molecule has 2 heteroatoms. The van der Waals surface area contributed by atoms with Gasteiger partial charge in [-0.1, -0.05) is 0 Å². The molecule has 0 fully saturated rings. The minimum absolute atomic E-state index is 0.453. The van der Waals surface area contributed by atoms with Gasteiger partial charge in [0.25, 0.3) is 0 Å². The molecule has 0 aliphatic heterocycles. The van der Waals surface area contributed by atoms with Crippen molar-refractivity contribution < 1.29 is 4.79 Å². The van der Waals surface area contributed by atoms with E-state index in [2.05, 4.69) is 23.1 Å². The van der Waals surface area contributed by atoms with E-state index in [1.54, 1.807) is 0 Å². The number of benzene rings is 1. The molecule has 2 aromatic rings. The van der Waals surface area contributed by atoms with Crippen LogP contribution < -0.4 is 0 Å². The Morgan fingerprint density at radius 1 is 1.33 bits per heavy atom. The first-order chi connectivity index (χ1) is 5.92. The Morgan fingerprint density at radius 3 is 3.00 bits per heavy atom. The van der Waals surface area contributed by atoms with Crippen LogP contribution in [-0.4, -0.2) is 20.8 Å². The molecule has 0 bridgehead atoms. The number of aldehydes is 1. The number of carbonyl (C=O) groups is 1. The minimum atomic E-state index is 0.453. The van der Waals surface area contributed by atoms with Crippen molar-refractivity contribution in [3.63, 3.8) is 0 Å². The summed E-state index contributed by atoms with van der Waals surface area (Å²) in [5.41, 5.74) is 1.21. The summed E-state index contributed by atoms with van der Waals surface area (Å²) in [6, 6.07) is 8.32. The summed E-state index contributed by atoms with van der Waals surface area (Å²) in [7, 11) is 0. The first-order valence-electron chi connectivity index (χ1n) is 3.80. The Kier molecular flexibility index (Phi) is 2.11. The van der Waals surface area contributed by atoms with Gasteiger partial charge in [-0.3, -0.25) is 0 Å². The van der Waals surface area contributed by atoms with Crippen LogP contribution in [0.4, 0.5) is 0 Å². The van der Waals surface area contributed by atoms with Gasteiger partial charge in [0.15, 0.2) is 0 Å². The summed E-state index contributed by atoms with van der Waals surface area (Å²) in [5, 5.41) is 1.28. The van der Waals surface area contributed by atoms with E-state index in [1.807, 2.05) is 6.07 Å². The molecule has 0 amide bonds. The van der Waals surface area contributed by atoms with Crippen molar-refractivity contribution >= 4 is 30.4 Å². The molecule has 0 aliphatic carbocycles. The number of hydrogen-bond donors (Lipinski definition) is 0. The third-order valence-electron chi connectivity index (χ3n) is 1.86. The molecule has 60 valence electrons. The summed E-state index contributed by atoms with van der Waals surface area (Å²) < 4.78 is 1.40. The van der Waals surface area contributed by atoms with Gasteiger partial charge in [-0.25, -0.2) is 0 Å². The van der Waals surface area contributed by atoms with Gasteiger partial charge in [-0.05, 0) is 0 Å². The van der Waals surface area contributed by atoms with E-state index in [4.69, 9.17) is 0 Å². The number of hydrogen-bond acceptors (Lipinski definition) is 1. The van der Waals surface area contributed by atoms with Crippen LogP contribution in [0, 0.1) is 0 Å². The predicted octanol–water partition coefficient (Wildman–Crippen LogP) is 1.64. The maximum atomic E-state index is 10.3. The van der Waals surface area contributed by atoms with Crippen LogP contribution in [0.15, 0.2) is 29.2 Å². The van der Waals surface area contributed by atoms with E-state index in [0.29, 0.717) is 20.9 Å². The molecule has 0 saturated carbocycles. The van der Waals surface area contributed by atoms with Crippen molar-refractivity contribution in [2.75, 3.05) is 0 Å². The second-order valence-electron chi connectivity index (χ2n) is 2.63. The van der Waals surface area contributed by atoms with Crippen molar-refractivity contribution in [2.24, 2.45) is 0 Å². The quantitative estimate of drug-likeness (QED) is 0.558. The van der Waals surface area contributed by atoms with Gasteiger partial charge in [-0.15, -0.1) is 0 Å². The van der Waals surface area contributed by atoms with E-state index in [-0.39, 0.29) is 0 Å². The van der Waals surface area contributed by atoms with Gasteiger partial charge in [0.05, 0.1) is 0 Å². The molecule has 1 aromatic carbocycles. The monoisotopic (exact) mass is 224 g/mol. The molecule has 0 N–H and O–H groups in total. The fourth-order valence-electron chi connectivity index (χ4n) is 1.28. The fourth-order valence-corrected chi connectivity index (χ4v) is 3.33. The summed E-state index contributed by atoms with van der Waals surface area (Å²) in [6.07, 6.45) is 1.54. The van der Waals surface area contributed by atoms with Gasteiger partial charge in [-0.2, -0.15) is 0 Å². The molecule has 0 unspecified atom stereocenters. The molecular weight excluding hydrogens is 215 g/mol. The third kappa shape index (κ3) is 1.24. The summed E-state index contributed by atoms with van der Waals surface area (Å²) in [5.74, 6) is 0. The molecule has 1 nitrogen and oxygen atoms in total. The average Bonchev–Trinajstić information content (AvgIpc) is 2.50. The normalized spacial score (nSPS) is 10.3. The zero-order valence-electron chi connectivity index (χ0n) is 6.49. The first kappa shape index (κ1) is 7.78. The van der Waals surface area contributed by atoms with E-state index >= 15 is 0 Å². The molecule has 0 atom stereocenters. The van der Waals surface area contributed by atoms with Crippen LogP contribution in [0.3, 0.4) is 0 Å². The summed E-state index contributed by atoms with van der Waals surface area (Å²) >= 11 is 0.453. The molecule has 1 aromatic heterocycles. The molecule has 0 spiro atoms. The molecule has 0 radical (unpaired) electrons. The maximum absolute atomic E-state index is 10.3. The standard InChI is InChI=1S/C10H8OSe/c11-6-5-8-7-12-10-4-2-1-3-9(8)10/h1-4,6-7H,5H2. The van der Waals surface area contributed by atoms with Gasteiger partial charge in [0, 0.05) is 0 Å². The molecule has 12 heavy (non-hydrogen) atoms. The summed E-state index contributed by atoms with van der Waals surface area (Å²) in [6.45, 7) is 0. The van der Waals surface area contributed by atoms with Crippen molar-refractivity contribution in [2.45, 2.75) is 6.42 Å². The number of rotatable bonds is 2. The van der Waals surface area contributed by atoms with Crippen LogP contribution >= 0.6 is 0 Å². The Morgan fingerprint density at radius 2 is 2.17 bits per heavy atom. The molecule has 1 heterocycles. The van der Waals surface area contributed by atoms with E-state index in [1.165, 1.54) is 15.2 Å². The van der Waals surface area contributed by atoms with Gasteiger partial charge >= 0.3 is 76.4 Å². The van der Waals surface area contributed by atoms with Crippen LogP contribution in [0.2, 0.25) is 0 Å². The summed E-state index contributed by atoms with van der Waals surface area (Å²) in [4.78, 5) is 12.5. The van der Waals surface area contributed by atoms with E-state index in [0.717, 1.165) is 6.29 Å². The second kappa shape index (κ2) is 3.26. The van der Waals surface area contributed by atoms with Gasteiger partial charge in [0.2, 0.25) is 0 Å². The van der Waals surface area contributed by atoms with Crippen LogP contribution in [0.1, 0.15) is 5.56 Å². The van der Waals surface area contributed by atoms with Crippen molar-refractivity contribution in [3.05, 3.63) is 34.8 Å². The Hall–Kier alpha value is -0.851. The van der Waals surface area contributed by atoms with Crippen LogP contribution in [-0.2, 0) is 11.2 Å². The zero-order chi connectivity index (χ0) is 8.39. The molecule has 0 saturated heterocycles. The first-order valence-corrected chi connectivity index (χ1v) is 5.65. The SMILES string of the molecule is O=CCc1c[se]c2ccccc12. The second-order valence-corrected chi connectivity index (χ2v) is 4.54. The van der Waals surface area contributed by atoms with Crippen LogP contribution in [0.5, 0.6) is 0 Å². The molecular formula is C10H8OSe. The Labute approximate surface area is 76.8 Å². The molecule has 0 aliphatic rings. The topological polar surface area (TPSA) is 17.1 Å². The van der Waals surface area contributed by atoms with E-state index in [9.17, 15) is 4.79 Å². The van der Waals surface area contributed by atoms with Crippen molar-refractivity contribution in [3.8, 4) is 0 Å². The van der Waals surface area contributed by atoms with E-state index < -0.39 is 0 Å². The number of fused-ring (bicyclic) bond motifs is 1. The fraction of sp³-hybridized carbons (Fsp3) is 0.100. The molecule has 2 rings (SSSR count). The Balaban J connectivity index is 2.62. The van der Waals surface area contributed by atoms with Crippen molar-refractivity contribution in [1.29, 1.82) is 0 Å². The third-order valence-corrected chi connectivity index (χ3v) is 3.99. The average molecular weight is 223 g/mol. The zero-order valence-corrected chi connectivity index (χ0v) is 8.20. The van der Waals surface area contributed by atoms with Gasteiger partial charge in [0.1, 0.15) is 0 Å². The number of carbonyl (C=O) groups excluding carboxylic acids is 1. The predicted molar refractivity (Wildman–Crippen MR) is 50.7 cm³/mol. The Bertz CT molecular complexity index is 403. The van der Waals surface area contributed by atoms with Gasteiger partial charge < -0.3 is 0 Å².